The molecule has 30 heavy (non-hydrogen) atoms. The first-order chi connectivity index (χ1) is 14.5. The molecule has 2 heterocycles. The van der Waals surface area contributed by atoms with E-state index in [2.05, 4.69) is 15.9 Å². The highest BCUT2D eigenvalue weighted by Gasteiger charge is 2.43. The molecule has 0 radical (unpaired) electrons. The summed E-state index contributed by atoms with van der Waals surface area (Å²) >= 11 is 9.76. The summed E-state index contributed by atoms with van der Waals surface area (Å²) in [5.74, 6) is -0.291. The largest absolute Gasteiger partial charge is 0.450 e. The van der Waals surface area contributed by atoms with E-state index in [1.54, 1.807) is 29.2 Å². The van der Waals surface area contributed by atoms with Gasteiger partial charge in [0, 0.05) is 15.2 Å². The van der Waals surface area contributed by atoms with Crippen LogP contribution in [0.1, 0.15) is 33.3 Å². The van der Waals surface area contributed by atoms with Gasteiger partial charge in [0.1, 0.15) is 5.58 Å². The molecule has 0 spiro atoms. The van der Waals surface area contributed by atoms with Crippen molar-refractivity contribution in [2.75, 3.05) is 4.90 Å². The molecule has 1 aliphatic heterocycles. The Morgan fingerprint density at radius 2 is 1.77 bits per heavy atom. The van der Waals surface area contributed by atoms with Crippen LogP contribution in [0.25, 0.3) is 11.0 Å². The summed E-state index contributed by atoms with van der Waals surface area (Å²) in [5.41, 5.74) is 2.85. The minimum atomic E-state index is -0.605. The Morgan fingerprint density at radius 1 is 1.00 bits per heavy atom. The van der Waals surface area contributed by atoms with Gasteiger partial charge in [-0.15, -0.1) is 0 Å². The zero-order valence-corrected chi connectivity index (χ0v) is 18.2. The number of aryl methyl sites for hydroxylation is 1. The second-order valence-electron chi connectivity index (χ2n) is 7.24. The quantitative estimate of drug-likeness (QED) is 0.340. The lowest BCUT2D eigenvalue weighted by molar-refractivity contribution is 0.0971. The van der Waals surface area contributed by atoms with Crippen LogP contribution >= 0.6 is 27.5 Å². The highest BCUT2D eigenvalue weighted by atomic mass is 79.9. The van der Waals surface area contributed by atoms with Crippen LogP contribution in [-0.4, -0.2) is 5.91 Å². The zero-order chi connectivity index (χ0) is 21.0. The maximum atomic E-state index is 13.5. The van der Waals surface area contributed by atoms with Gasteiger partial charge in [-0.05, 0) is 48.4 Å². The first-order valence-electron chi connectivity index (χ1n) is 9.36. The number of carbonyl (C=O) groups excluding carboxylic acids is 1. The highest BCUT2D eigenvalue weighted by molar-refractivity contribution is 9.10. The van der Waals surface area contributed by atoms with E-state index in [0.717, 1.165) is 15.6 Å². The van der Waals surface area contributed by atoms with E-state index in [1.807, 2.05) is 49.4 Å². The van der Waals surface area contributed by atoms with Crippen molar-refractivity contribution < 1.29 is 9.21 Å². The summed E-state index contributed by atoms with van der Waals surface area (Å²) in [5, 5.41) is 0.983. The van der Waals surface area contributed by atoms with E-state index in [1.165, 1.54) is 0 Å². The Hall–Kier alpha value is -2.89. The summed E-state index contributed by atoms with van der Waals surface area (Å²) in [6.07, 6.45) is 0. The van der Waals surface area contributed by atoms with Crippen molar-refractivity contribution in [3.05, 3.63) is 109 Å². The van der Waals surface area contributed by atoms with Crippen LogP contribution in [0, 0.1) is 6.92 Å². The van der Waals surface area contributed by atoms with E-state index >= 15 is 0 Å². The fourth-order valence-electron chi connectivity index (χ4n) is 3.89. The Balaban J connectivity index is 1.82. The summed E-state index contributed by atoms with van der Waals surface area (Å²) in [7, 11) is 0. The van der Waals surface area contributed by atoms with Gasteiger partial charge < -0.3 is 4.42 Å². The predicted molar refractivity (Wildman–Crippen MR) is 121 cm³/mol. The van der Waals surface area contributed by atoms with Gasteiger partial charge in [-0.2, -0.15) is 0 Å². The Morgan fingerprint density at radius 3 is 2.50 bits per heavy atom. The molecular formula is C24H15BrClNO3. The number of hydrogen-bond acceptors (Lipinski definition) is 3. The summed E-state index contributed by atoms with van der Waals surface area (Å²) in [4.78, 5) is 28.6. The molecule has 1 amide bonds. The van der Waals surface area contributed by atoms with Crippen molar-refractivity contribution in [2.45, 2.75) is 13.0 Å². The molecule has 0 fully saturated rings. The van der Waals surface area contributed by atoms with Gasteiger partial charge in [0.15, 0.2) is 5.43 Å². The van der Waals surface area contributed by atoms with Crippen molar-refractivity contribution in [1.29, 1.82) is 0 Å². The van der Waals surface area contributed by atoms with Crippen LogP contribution in [0.5, 0.6) is 0 Å². The van der Waals surface area contributed by atoms with E-state index in [9.17, 15) is 9.59 Å². The fraction of sp³-hybridized carbons (Fsp3) is 0.0833. The third-order valence-electron chi connectivity index (χ3n) is 5.38. The van der Waals surface area contributed by atoms with Crippen LogP contribution in [0.4, 0.5) is 5.69 Å². The molecule has 0 bridgehead atoms. The lowest BCUT2D eigenvalue weighted by Crippen LogP contribution is -2.29. The number of hydrogen-bond donors (Lipinski definition) is 0. The van der Waals surface area contributed by atoms with Crippen molar-refractivity contribution in [3.63, 3.8) is 0 Å². The molecule has 3 aromatic carbocycles. The SMILES string of the molecule is Cc1ccc(N2C(=O)c3oc4ccc(Br)cc4c(=O)c3C2c2ccccc2)cc1Cl. The van der Waals surface area contributed by atoms with Crippen LogP contribution in [-0.2, 0) is 0 Å². The molecule has 0 saturated heterocycles. The van der Waals surface area contributed by atoms with Gasteiger partial charge in [0.05, 0.1) is 17.0 Å². The van der Waals surface area contributed by atoms with Gasteiger partial charge in [-0.25, -0.2) is 0 Å². The molecule has 1 aliphatic rings. The Bertz CT molecular complexity index is 1380. The third-order valence-corrected chi connectivity index (χ3v) is 6.28. The molecule has 4 aromatic rings. The number of halogens is 2. The Kier molecular flexibility index (Phi) is 4.53. The van der Waals surface area contributed by atoms with Crippen LogP contribution in [0.2, 0.25) is 5.02 Å². The number of fused-ring (bicyclic) bond motifs is 2. The molecule has 5 rings (SSSR count). The normalized spacial score (nSPS) is 15.6. The maximum absolute atomic E-state index is 13.5. The highest BCUT2D eigenvalue weighted by Crippen LogP contribution is 2.42. The summed E-state index contributed by atoms with van der Waals surface area (Å²) in [6, 6.07) is 19.5. The number of rotatable bonds is 2. The maximum Gasteiger partial charge on any atom is 0.295 e. The van der Waals surface area contributed by atoms with Gasteiger partial charge in [-0.1, -0.05) is 63.9 Å². The van der Waals surface area contributed by atoms with Gasteiger partial charge >= 0.3 is 0 Å². The van der Waals surface area contributed by atoms with Gasteiger partial charge in [-0.3, -0.25) is 14.5 Å². The van der Waals surface area contributed by atoms with Crippen LogP contribution < -0.4 is 10.3 Å². The smallest absolute Gasteiger partial charge is 0.295 e. The van der Waals surface area contributed by atoms with E-state index in [0.29, 0.717) is 27.2 Å². The molecule has 1 atom stereocenters. The van der Waals surface area contributed by atoms with Gasteiger partial charge in [0.2, 0.25) is 5.76 Å². The molecule has 0 N–H and O–H groups in total. The summed E-state index contributed by atoms with van der Waals surface area (Å²) < 4.78 is 6.73. The average Bonchev–Trinajstić information content (AvgIpc) is 3.04. The van der Waals surface area contributed by atoms with Crippen LogP contribution in [0.3, 0.4) is 0 Å². The second kappa shape index (κ2) is 7.11. The predicted octanol–water partition coefficient (Wildman–Crippen LogP) is 6.27. The van der Waals surface area contributed by atoms with Gasteiger partial charge in [0.25, 0.3) is 5.91 Å². The average molecular weight is 481 g/mol. The van der Waals surface area contributed by atoms with Crippen molar-refractivity contribution in [2.24, 2.45) is 0 Å². The Labute approximate surface area is 185 Å². The standard InChI is InChI=1S/C24H15BrClNO3/c1-13-7-9-16(12-18(13)26)27-21(14-5-3-2-4-6-14)20-22(28)17-11-15(25)8-10-19(17)30-23(20)24(27)29/h2-12,21H,1H3. The molecule has 1 unspecified atom stereocenters. The molecule has 6 heteroatoms. The monoisotopic (exact) mass is 479 g/mol. The number of carbonyl (C=O) groups is 1. The molecule has 0 aliphatic carbocycles. The zero-order valence-electron chi connectivity index (χ0n) is 15.9. The molecular weight excluding hydrogens is 466 g/mol. The first kappa shape index (κ1) is 19.1. The number of benzene rings is 3. The molecule has 148 valence electrons. The van der Waals surface area contributed by atoms with Crippen molar-refractivity contribution in [3.8, 4) is 0 Å². The lowest BCUT2D eigenvalue weighted by Gasteiger charge is -2.25. The van der Waals surface area contributed by atoms with Crippen molar-refractivity contribution >= 4 is 50.1 Å². The first-order valence-corrected chi connectivity index (χ1v) is 10.5. The fourth-order valence-corrected chi connectivity index (χ4v) is 4.43. The second-order valence-corrected chi connectivity index (χ2v) is 8.56. The molecule has 0 saturated carbocycles. The summed E-state index contributed by atoms with van der Waals surface area (Å²) in [6.45, 7) is 1.90. The minimum Gasteiger partial charge on any atom is -0.450 e. The lowest BCUT2D eigenvalue weighted by atomic mass is 9.98. The molecule has 1 aromatic heterocycles. The van der Waals surface area contributed by atoms with E-state index in [4.69, 9.17) is 16.0 Å². The number of amides is 1. The van der Waals surface area contributed by atoms with E-state index < -0.39 is 6.04 Å². The number of anilines is 1. The topological polar surface area (TPSA) is 50.5 Å². The minimum absolute atomic E-state index is 0.0698. The number of nitrogens with zero attached hydrogens (tertiary/aromatic N) is 1. The molecule has 4 nitrogen and oxygen atoms in total. The van der Waals surface area contributed by atoms with E-state index in [-0.39, 0.29) is 17.1 Å². The van der Waals surface area contributed by atoms with Crippen LogP contribution in [0.15, 0.2) is 80.4 Å². The van der Waals surface area contributed by atoms with Crippen molar-refractivity contribution in [1.82, 2.24) is 0 Å². The third kappa shape index (κ3) is 2.89.